The van der Waals surface area contributed by atoms with Gasteiger partial charge in [-0.25, -0.2) is 4.98 Å². The minimum Gasteiger partial charge on any atom is -0.384 e. The van der Waals surface area contributed by atoms with E-state index in [4.69, 9.17) is 5.73 Å². The lowest BCUT2D eigenvalue weighted by Gasteiger charge is -2.26. The van der Waals surface area contributed by atoms with Crippen LogP contribution in [-0.4, -0.2) is 9.55 Å². The zero-order valence-electron chi connectivity index (χ0n) is 11.7. The molecule has 1 aromatic heterocycles. The predicted octanol–water partition coefficient (Wildman–Crippen LogP) is 2.85. The number of nitrogens with zero attached hydrogens (tertiary/aromatic N) is 3. The largest absolute Gasteiger partial charge is 0.384 e. The molecule has 3 aromatic rings. The van der Waals surface area contributed by atoms with Crippen molar-refractivity contribution in [1.82, 2.24) is 9.55 Å². The molecule has 0 amide bonds. The average molecular weight is 287 g/mol. The fraction of sp³-hybridized carbons (Fsp3) is 0.0588. The van der Waals surface area contributed by atoms with Crippen molar-refractivity contribution in [1.29, 1.82) is 5.26 Å². The van der Waals surface area contributed by atoms with Gasteiger partial charge in [-0.05, 0) is 17.7 Å². The summed E-state index contributed by atoms with van der Waals surface area (Å²) in [5.41, 5.74) is 9.50. The van der Waals surface area contributed by atoms with E-state index in [-0.39, 0.29) is 6.04 Å². The van der Waals surface area contributed by atoms with E-state index < -0.39 is 0 Å². The van der Waals surface area contributed by atoms with Gasteiger partial charge in [-0.2, -0.15) is 5.26 Å². The van der Waals surface area contributed by atoms with Crippen LogP contribution in [0.2, 0.25) is 0 Å². The number of hydrogen-bond acceptors (Lipinski definition) is 4. The number of anilines is 1. The van der Waals surface area contributed by atoms with Gasteiger partial charge in [0.15, 0.2) is 0 Å². The van der Waals surface area contributed by atoms with E-state index in [1.54, 1.807) is 4.57 Å². The Hall–Kier alpha value is -3.26. The first-order chi connectivity index (χ1) is 10.8. The number of fused-ring (bicyclic) bond motifs is 3. The van der Waals surface area contributed by atoms with Crippen molar-refractivity contribution in [3.8, 4) is 6.07 Å². The van der Waals surface area contributed by atoms with Gasteiger partial charge in [-0.15, -0.1) is 0 Å². The summed E-state index contributed by atoms with van der Waals surface area (Å²) in [6.07, 6.45) is 0. The summed E-state index contributed by atoms with van der Waals surface area (Å²) >= 11 is 0. The Labute approximate surface area is 127 Å². The molecule has 0 saturated carbocycles. The second kappa shape index (κ2) is 4.64. The SMILES string of the molecule is N#CC1=C(N)n2c(nc3ccccc32)N[C@H]1c1ccccc1. The Morgan fingerprint density at radius 2 is 1.82 bits per heavy atom. The molecule has 0 saturated heterocycles. The van der Waals surface area contributed by atoms with E-state index in [1.165, 1.54) is 0 Å². The van der Waals surface area contributed by atoms with Crippen LogP contribution < -0.4 is 11.1 Å². The molecule has 0 aliphatic carbocycles. The Kier molecular flexibility index (Phi) is 2.63. The summed E-state index contributed by atoms with van der Waals surface area (Å²) < 4.78 is 1.80. The van der Waals surface area contributed by atoms with E-state index in [0.717, 1.165) is 16.6 Å². The normalized spacial score (nSPS) is 17.0. The Morgan fingerprint density at radius 1 is 1.09 bits per heavy atom. The number of aromatic nitrogens is 2. The molecule has 0 radical (unpaired) electrons. The summed E-state index contributed by atoms with van der Waals surface area (Å²) in [5, 5.41) is 12.9. The van der Waals surface area contributed by atoms with Crippen LogP contribution in [0, 0.1) is 11.3 Å². The second-order valence-corrected chi connectivity index (χ2v) is 5.16. The van der Waals surface area contributed by atoms with Crippen LogP contribution in [0.1, 0.15) is 11.6 Å². The molecule has 22 heavy (non-hydrogen) atoms. The number of para-hydroxylation sites is 2. The van der Waals surface area contributed by atoms with Gasteiger partial charge in [0.05, 0.1) is 22.6 Å². The zero-order valence-corrected chi connectivity index (χ0v) is 11.7. The predicted molar refractivity (Wildman–Crippen MR) is 85.6 cm³/mol. The lowest BCUT2D eigenvalue weighted by molar-refractivity contribution is 0.857. The van der Waals surface area contributed by atoms with E-state index in [2.05, 4.69) is 16.4 Å². The highest BCUT2D eigenvalue weighted by Gasteiger charge is 2.29. The minimum atomic E-state index is -0.282. The average Bonchev–Trinajstić information content (AvgIpc) is 2.94. The molecular weight excluding hydrogens is 274 g/mol. The van der Waals surface area contributed by atoms with Gasteiger partial charge >= 0.3 is 0 Å². The Morgan fingerprint density at radius 3 is 2.59 bits per heavy atom. The molecule has 106 valence electrons. The van der Waals surface area contributed by atoms with Crippen LogP contribution in [-0.2, 0) is 0 Å². The van der Waals surface area contributed by atoms with Gasteiger partial charge in [0, 0.05) is 0 Å². The van der Waals surface area contributed by atoms with Gasteiger partial charge in [0.2, 0.25) is 5.95 Å². The molecule has 0 spiro atoms. The van der Waals surface area contributed by atoms with Crippen molar-refractivity contribution in [3.63, 3.8) is 0 Å². The molecule has 2 aromatic carbocycles. The van der Waals surface area contributed by atoms with Crippen LogP contribution >= 0.6 is 0 Å². The maximum atomic E-state index is 9.57. The summed E-state index contributed by atoms with van der Waals surface area (Å²) in [4.78, 5) is 4.58. The van der Waals surface area contributed by atoms with Crippen molar-refractivity contribution >= 4 is 22.8 Å². The van der Waals surface area contributed by atoms with Crippen LogP contribution in [0.3, 0.4) is 0 Å². The van der Waals surface area contributed by atoms with Gasteiger partial charge < -0.3 is 11.1 Å². The van der Waals surface area contributed by atoms with E-state index in [9.17, 15) is 5.26 Å². The molecule has 2 heterocycles. The number of benzene rings is 2. The molecule has 3 N–H and O–H groups in total. The maximum Gasteiger partial charge on any atom is 0.210 e. The summed E-state index contributed by atoms with van der Waals surface area (Å²) in [6, 6.07) is 19.5. The number of hydrogen-bond donors (Lipinski definition) is 2. The van der Waals surface area contributed by atoms with Crippen LogP contribution in [0.5, 0.6) is 0 Å². The molecule has 4 rings (SSSR count). The highest BCUT2D eigenvalue weighted by atomic mass is 15.3. The first kappa shape index (κ1) is 12.5. The van der Waals surface area contributed by atoms with Gasteiger partial charge in [0.25, 0.3) is 0 Å². The van der Waals surface area contributed by atoms with Crippen LogP contribution in [0.15, 0.2) is 60.2 Å². The van der Waals surface area contributed by atoms with Crippen molar-refractivity contribution in [3.05, 3.63) is 65.7 Å². The van der Waals surface area contributed by atoms with Crippen molar-refractivity contribution in [2.45, 2.75) is 6.04 Å². The zero-order chi connectivity index (χ0) is 15.1. The molecule has 0 bridgehead atoms. The Balaban J connectivity index is 1.96. The lowest BCUT2D eigenvalue weighted by Crippen LogP contribution is -2.26. The van der Waals surface area contributed by atoms with E-state index in [1.807, 2.05) is 54.6 Å². The highest BCUT2D eigenvalue weighted by molar-refractivity contribution is 5.85. The molecule has 5 heteroatoms. The number of nitrogens with one attached hydrogen (secondary N) is 1. The van der Waals surface area contributed by atoms with Gasteiger partial charge in [-0.3, -0.25) is 4.57 Å². The van der Waals surface area contributed by atoms with Gasteiger partial charge in [-0.1, -0.05) is 42.5 Å². The first-order valence-electron chi connectivity index (χ1n) is 6.98. The molecule has 0 fully saturated rings. The summed E-state index contributed by atoms with van der Waals surface area (Å²) in [6.45, 7) is 0. The van der Waals surface area contributed by atoms with Crippen LogP contribution in [0.4, 0.5) is 5.95 Å². The molecule has 5 nitrogen and oxygen atoms in total. The van der Waals surface area contributed by atoms with Crippen LogP contribution in [0.25, 0.3) is 16.9 Å². The van der Waals surface area contributed by atoms with Crippen molar-refractivity contribution < 1.29 is 0 Å². The topological polar surface area (TPSA) is 79.7 Å². The third-order valence-electron chi connectivity index (χ3n) is 3.89. The number of rotatable bonds is 1. The number of nitriles is 1. The third-order valence-corrected chi connectivity index (χ3v) is 3.89. The molecular formula is C17H13N5. The summed E-state index contributed by atoms with van der Waals surface area (Å²) in [5.74, 6) is 1.09. The molecule has 1 aliphatic heterocycles. The Bertz CT molecular complexity index is 931. The van der Waals surface area contributed by atoms with E-state index in [0.29, 0.717) is 17.3 Å². The fourth-order valence-electron chi connectivity index (χ4n) is 2.85. The maximum absolute atomic E-state index is 9.57. The standard InChI is InChI=1S/C17H13N5/c18-10-12-15(11-6-2-1-3-7-11)21-17-20-13-8-4-5-9-14(13)22(17)16(12)19/h1-9,15H,19H2,(H,20,21)/t15-/m0/s1. The number of imidazole rings is 1. The monoisotopic (exact) mass is 287 g/mol. The molecule has 0 unspecified atom stereocenters. The third kappa shape index (κ3) is 1.68. The fourth-order valence-corrected chi connectivity index (χ4v) is 2.85. The van der Waals surface area contributed by atoms with Crippen molar-refractivity contribution in [2.24, 2.45) is 5.73 Å². The van der Waals surface area contributed by atoms with Crippen molar-refractivity contribution in [2.75, 3.05) is 5.32 Å². The number of nitrogens with two attached hydrogens (primary N) is 1. The highest BCUT2D eigenvalue weighted by Crippen LogP contribution is 2.35. The molecule has 1 atom stereocenters. The van der Waals surface area contributed by atoms with Gasteiger partial charge in [0.1, 0.15) is 11.9 Å². The minimum absolute atomic E-state index is 0.282. The summed E-state index contributed by atoms with van der Waals surface area (Å²) in [7, 11) is 0. The smallest absolute Gasteiger partial charge is 0.210 e. The lowest BCUT2D eigenvalue weighted by atomic mass is 9.98. The second-order valence-electron chi connectivity index (χ2n) is 5.16. The first-order valence-corrected chi connectivity index (χ1v) is 6.98. The molecule has 1 aliphatic rings. The quantitative estimate of drug-likeness (QED) is 0.721. The van der Waals surface area contributed by atoms with E-state index >= 15 is 0 Å².